The van der Waals surface area contributed by atoms with Crippen molar-refractivity contribution in [3.63, 3.8) is 0 Å². The quantitative estimate of drug-likeness (QED) is 0.667. The van der Waals surface area contributed by atoms with Gasteiger partial charge in [-0.05, 0) is 22.9 Å². The van der Waals surface area contributed by atoms with Crippen LogP contribution in [0, 0.1) is 0 Å². The van der Waals surface area contributed by atoms with E-state index < -0.39 is 41.7 Å². The van der Waals surface area contributed by atoms with Crippen molar-refractivity contribution in [2.24, 2.45) is 0 Å². The highest BCUT2D eigenvalue weighted by atomic mass is 79.9. The average molecular weight is 357 g/mol. The number of H-pyrrole nitrogens is 1. The van der Waals surface area contributed by atoms with Gasteiger partial charge >= 0.3 is 5.69 Å². The van der Waals surface area contributed by atoms with Gasteiger partial charge in [-0.3, -0.25) is 14.3 Å². The van der Waals surface area contributed by atoms with Crippen molar-refractivity contribution in [2.45, 2.75) is 30.8 Å². The van der Waals surface area contributed by atoms with Crippen LogP contribution in [0.2, 0.25) is 0 Å². The Morgan fingerprint density at radius 3 is 2.65 bits per heavy atom. The summed E-state index contributed by atoms with van der Waals surface area (Å²) in [6, 6.07) is 0. The highest BCUT2D eigenvalue weighted by molar-refractivity contribution is 9.10. The van der Waals surface area contributed by atoms with Gasteiger partial charge in [0, 0.05) is 6.20 Å². The lowest BCUT2D eigenvalue weighted by Gasteiger charge is -2.24. The van der Waals surface area contributed by atoms with Crippen molar-refractivity contribution in [3.8, 4) is 0 Å². The molecule has 0 saturated carbocycles. The molecule has 10 heteroatoms. The summed E-state index contributed by atoms with van der Waals surface area (Å²) in [4.78, 5) is 24.7. The molecule has 0 radical (unpaired) electrons. The molecule has 0 amide bonds. The van der Waals surface area contributed by atoms with Crippen LogP contribution in [0.3, 0.4) is 0 Å². The summed E-state index contributed by atoms with van der Waals surface area (Å²) in [5.74, 6) is -3.05. The molecule has 0 aliphatic carbocycles. The summed E-state index contributed by atoms with van der Waals surface area (Å²) in [7, 11) is 0. The second-order valence-corrected chi connectivity index (χ2v) is 5.47. The maximum absolute atomic E-state index is 14.5. The molecule has 0 spiro atoms. The Morgan fingerprint density at radius 1 is 1.55 bits per heavy atom. The molecular formula is C10H11BrF2N2O5. The van der Waals surface area contributed by atoms with Crippen LogP contribution in [-0.2, 0) is 4.74 Å². The first-order valence-electron chi connectivity index (χ1n) is 5.49. The molecule has 1 unspecified atom stereocenters. The van der Waals surface area contributed by atoms with Gasteiger partial charge in [0.1, 0.15) is 6.61 Å². The Morgan fingerprint density at radius 2 is 2.15 bits per heavy atom. The van der Waals surface area contributed by atoms with E-state index >= 15 is 0 Å². The number of aliphatic hydroxyl groups is 2. The number of aliphatic hydroxyl groups excluding tert-OH is 2. The third-order valence-electron chi connectivity index (χ3n) is 3.13. The highest BCUT2D eigenvalue weighted by Crippen LogP contribution is 2.46. The molecule has 1 aromatic heterocycles. The maximum atomic E-state index is 14.5. The third-order valence-corrected chi connectivity index (χ3v) is 3.69. The van der Waals surface area contributed by atoms with E-state index in [1.54, 1.807) is 0 Å². The van der Waals surface area contributed by atoms with E-state index in [2.05, 4.69) is 20.7 Å². The van der Waals surface area contributed by atoms with Gasteiger partial charge in [0.25, 0.3) is 11.4 Å². The van der Waals surface area contributed by atoms with E-state index in [0.29, 0.717) is 4.57 Å². The molecule has 2 rings (SSSR count). The van der Waals surface area contributed by atoms with Crippen LogP contribution in [-0.4, -0.2) is 44.0 Å². The zero-order valence-corrected chi connectivity index (χ0v) is 11.7. The molecule has 112 valence electrons. The van der Waals surface area contributed by atoms with E-state index in [1.165, 1.54) is 0 Å². The summed E-state index contributed by atoms with van der Waals surface area (Å²) in [5.41, 5.74) is -4.49. The van der Waals surface area contributed by atoms with Crippen LogP contribution in [0.25, 0.3) is 0 Å². The first kappa shape index (κ1) is 15.3. The van der Waals surface area contributed by atoms with Crippen molar-refractivity contribution in [1.29, 1.82) is 0 Å². The Balaban J connectivity index is 2.57. The lowest BCUT2D eigenvalue weighted by molar-refractivity contribution is -0.207. The molecule has 7 nitrogen and oxygen atoms in total. The van der Waals surface area contributed by atoms with Crippen LogP contribution >= 0.6 is 15.9 Å². The Bertz CT molecular complexity index is 645. The smallest absolute Gasteiger partial charge is 0.330 e. The van der Waals surface area contributed by atoms with Crippen LogP contribution in [0.1, 0.15) is 13.2 Å². The fourth-order valence-electron chi connectivity index (χ4n) is 2.01. The Hall–Kier alpha value is -1.10. The normalized spacial score (nSPS) is 37.3. The maximum Gasteiger partial charge on any atom is 0.330 e. The molecule has 20 heavy (non-hydrogen) atoms. The minimum atomic E-state index is -3.05. The molecular weight excluding hydrogens is 346 g/mol. The number of ether oxygens (including phenoxy) is 1. The van der Waals surface area contributed by atoms with Gasteiger partial charge in [-0.15, -0.1) is 0 Å². The minimum Gasteiger partial charge on any atom is -0.390 e. The third kappa shape index (κ3) is 2.12. The largest absolute Gasteiger partial charge is 0.390 e. The standard InChI is InChI=1S/C10H11BrF2N2O5/c1-9(12)6(18)10(13,3-16)20-7(9)15-2-4(11)5(17)14-8(15)19/h2,6-7,16,18H,3H2,1H3,(H,14,17,19)/t6-,7?,9+,10+/m0/s1. The molecule has 1 fully saturated rings. The van der Waals surface area contributed by atoms with Crippen molar-refractivity contribution >= 4 is 15.9 Å². The number of halogens is 3. The molecule has 1 aliphatic heterocycles. The lowest BCUT2D eigenvalue weighted by Crippen LogP contribution is -2.47. The van der Waals surface area contributed by atoms with E-state index in [9.17, 15) is 23.5 Å². The summed E-state index contributed by atoms with van der Waals surface area (Å²) >= 11 is 2.84. The Kier molecular flexibility index (Phi) is 3.61. The second-order valence-electron chi connectivity index (χ2n) is 4.61. The van der Waals surface area contributed by atoms with Gasteiger partial charge < -0.3 is 14.9 Å². The number of hydrogen-bond acceptors (Lipinski definition) is 5. The van der Waals surface area contributed by atoms with Gasteiger partial charge in [0.15, 0.2) is 18.0 Å². The minimum absolute atomic E-state index is 0.105. The van der Waals surface area contributed by atoms with Gasteiger partial charge in [-0.2, -0.15) is 0 Å². The fraction of sp³-hybridized carbons (Fsp3) is 0.600. The first-order chi connectivity index (χ1) is 9.13. The predicted octanol–water partition coefficient (Wildman–Crippen LogP) is -0.425. The van der Waals surface area contributed by atoms with Crippen molar-refractivity contribution < 1.29 is 23.7 Å². The average Bonchev–Trinajstić information content (AvgIpc) is 2.56. The van der Waals surface area contributed by atoms with E-state index in [-0.39, 0.29) is 4.47 Å². The SMILES string of the molecule is C[C@]1(F)C(n2cc(Br)c(=O)[nH]c2=O)O[C@](F)(CO)[C@H]1O. The number of aromatic nitrogens is 2. The van der Waals surface area contributed by atoms with Gasteiger partial charge in [-0.25, -0.2) is 13.6 Å². The topological polar surface area (TPSA) is 105 Å². The van der Waals surface area contributed by atoms with E-state index in [1.807, 2.05) is 4.98 Å². The molecule has 0 aromatic carbocycles. The second kappa shape index (κ2) is 4.72. The molecule has 3 N–H and O–H groups in total. The summed E-state index contributed by atoms with van der Waals surface area (Å²) < 4.78 is 33.6. The van der Waals surface area contributed by atoms with Crippen LogP contribution in [0.5, 0.6) is 0 Å². The number of alkyl halides is 2. The lowest BCUT2D eigenvalue weighted by atomic mass is 9.97. The monoisotopic (exact) mass is 356 g/mol. The summed E-state index contributed by atoms with van der Waals surface area (Å²) in [6.45, 7) is -0.464. The Labute approximate surface area is 118 Å². The van der Waals surface area contributed by atoms with Crippen LogP contribution in [0.15, 0.2) is 20.3 Å². The van der Waals surface area contributed by atoms with E-state index in [0.717, 1.165) is 13.1 Å². The zero-order chi connectivity index (χ0) is 15.3. The molecule has 1 saturated heterocycles. The van der Waals surface area contributed by atoms with Crippen LogP contribution < -0.4 is 11.2 Å². The number of rotatable bonds is 2. The van der Waals surface area contributed by atoms with E-state index in [4.69, 9.17) is 5.11 Å². The van der Waals surface area contributed by atoms with Gasteiger partial charge in [0.05, 0.1) is 4.47 Å². The number of nitrogens with zero attached hydrogens (tertiary/aromatic N) is 1. The van der Waals surface area contributed by atoms with Crippen molar-refractivity contribution in [2.75, 3.05) is 6.61 Å². The molecule has 1 aromatic rings. The predicted molar refractivity (Wildman–Crippen MR) is 65.6 cm³/mol. The molecule has 2 heterocycles. The summed E-state index contributed by atoms with van der Waals surface area (Å²) in [5, 5.41) is 18.5. The van der Waals surface area contributed by atoms with Gasteiger partial charge in [0.2, 0.25) is 0 Å². The fourth-order valence-corrected chi connectivity index (χ4v) is 2.33. The van der Waals surface area contributed by atoms with Gasteiger partial charge in [-0.1, -0.05) is 0 Å². The van der Waals surface area contributed by atoms with Crippen LogP contribution in [0.4, 0.5) is 8.78 Å². The van der Waals surface area contributed by atoms with Crippen molar-refractivity contribution in [1.82, 2.24) is 9.55 Å². The van der Waals surface area contributed by atoms with Crippen molar-refractivity contribution in [3.05, 3.63) is 31.5 Å². The zero-order valence-electron chi connectivity index (χ0n) is 10.1. The molecule has 0 bridgehead atoms. The molecule has 4 atom stereocenters. The highest BCUT2D eigenvalue weighted by Gasteiger charge is 2.64. The summed E-state index contributed by atoms with van der Waals surface area (Å²) in [6.07, 6.45) is -3.24. The number of nitrogens with one attached hydrogen (secondary N) is 1. The number of aromatic amines is 1. The number of hydrogen-bond donors (Lipinski definition) is 3. The first-order valence-corrected chi connectivity index (χ1v) is 6.28. The molecule has 1 aliphatic rings.